The van der Waals surface area contributed by atoms with Gasteiger partial charge in [-0.15, -0.1) is 10.2 Å². The predicted octanol–water partition coefficient (Wildman–Crippen LogP) is 3.12. The van der Waals surface area contributed by atoms with Gasteiger partial charge in [0.25, 0.3) is 0 Å². The Hall–Kier alpha value is -0.900. The lowest BCUT2D eigenvalue weighted by atomic mass is 9.95. The minimum Gasteiger partial charge on any atom is -0.311 e. The quantitative estimate of drug-likeness (QED) is 0.906. The van der Waals surface area contributed by atoms with Crippen LogP contribution in [0.2, 0.25) is 0 Å². The lowest BCUT2D eigenvalue weighted by Gasteiger charge is -2.25. The van der Waals surface area contributed by atoms with E-state index < -0.39 is 0 Å². The highest BCUT2D eigenvalue weighted by atomic mass is 15.3. The molecule has 2 fully saturated rings. The molecular formula is C15H26N4. The molecule has 4 nitrogen and oxygen atoms in total. The molecule has 0 unspecified atom stereocenters. The Kier molecular flexibility index (Phi) is 4.16. The number of nitrogens with zero attached hydrogens (tertiary/aromatic N) is 3. The number of nitrogens with one attached hydrogen (secondary N) is 1. The number of aryl methyl sites for hydroxylation is 1. The minimum atomic E-state index is 0.643. The highest BCUT2D eigenvalue weighted by molar-refractivity contribution is 4.98. The maximum atomic E-state index is 4.40. The molecule has 3 rings (SSSR count). The van der Waals surface area contributed by atoms with E-state index in [1.54, 1.807) is 0 Å². The van der Waals surface area contributed by atoms with Gasteiger partial charge in [-0.1, -0.05) is 32.1 Å². The number of aromatic nitrogens is 3. The summed E-state index contributed by atoms with van der Waals surface area (Å²) in [5.41, 5.74) is 0. The normalized spacial score (nSPS) is 22.2. The molecule has 4 heteroatoms. The third-order valence-electron chi connectivity index (χ3n) is 4.78. The van der Waals surface area contributed by atoms with Crippen LogP contribution in [0.15, 0.2) is 0 Å². The van der Waals surface area contributed by atoms with E-state index in [0.717, 1.165) is 18.2 Å². The molecule has 19 heavy (non-hydrogen) atoms. The molecular weight excluding hydrogens is 236 g/mol. The molecule has 2 aliphatic rings. The lowest BCUT2D eigenvalue weighted by Crippen LogP contribution is -2.28. The molecule has 1 heterocycles. The highest BCUT2D eigenvalue weighted by Gasteiger charge is 2.22. The van der Waals surface area contributed by atoms with Gasteiger partial charge in [0.15, 0.2) is 0 Å². The molecule has 0 radical (unpaired) electrons. The second-order valence-electron chi connectivity index (χ2n) is 6.19. The molecule has 106 valence electrons. The molecule has 0 saturated heterocycles. The van der Waals surface area contributed by atoms with E-state index in [9.17, 15) is 0 Å². The van der Waals surface area contributed by atoms with Gasteiger partial charge in [0.1, 0.15) is 11.6 Å². The van der Waals surface area contributed by atoms with Crippen molar-refractivity contribution in [2.45, 2.75) is 83.3 Å². The fourth-order valence-corrected chi connectivity index (χ4v) is 3.71. The molecule has 0 bridgehead atoms. The van der Waals surface area contributed by atoms with Crippen molar-refractivity contribution in [2.24, 2.45) is 0 Å². The Morgan fingerprint density at radius 1 is 1.00 bits per heavy atom. The van der Waals surface area contributed by atoms with Crippen LogP contribution in [0.4, 0.5) is 0 Å². The number of rotatable bonds is 4. The van der Waals surface area contributed by atoms with Crippen LogP contribution in [-0.4, -0.2) is 20.8 Å². The summed E-state index contributed by atoms with van der Waals surface area (Å²) in [6.45, 7) is 2.99. The zero-order valence-corrected chi connectivity index (χ0v) is 12.1. The van der Waals surface area contributed by atoms with Crippen molar-refractivity contribution in [2.75, 3.05) is 0 Å². The second-order valence-corrected chi connectivity index (χ2v) is 6.19. The SMILES string of the molecule is Cc1nnc(CNC2CCCC2)n1C1CCCCC1. The van der Waals surface area contributed by atoms with Crippen molar-refractivity contribution < 1.29 is 0 Å². The zero-order chi connectivity index (χ0) is 13.1. The van der Waals surface area contributed by atoms with Crippen LogP contribution in [0.1, 0.15) is 75.5 Å². The first-order valence-electron chi connectivity index (χ1n) is 7.98. The molecule has 2 aliphatic carbocycles. The van der Waals surface area contributed by atoms with Crippen molar-refractivity contribution in [3.05, 3.63) is 11.6 Å². The van der Waals surface area contributed by atoms with Crippen molar-refractivity contribution in [1.29, 1.82) is 0 Å². The zero-order valence-electron chi connectivity index (χ0n) is 12.1. The molecule has 1 N–H and O–H groups in total. The monoisotopic (exact) mass is 262 g/mol. The predicted molar refractivity (Wildman–Crippen MR) is 76.0 cm³/mol. The van der Waals surface area contributed by atoms with E-state index in [0.29, 0.717) is 12.1 Å². The van der Waals surface area contributed by atoms with Crippen LogP contribution in [0.5, 0.6) is 0 Å². The van der Waals surface area contributed by atoms with Crippen molar-refractivity contribution in [1.82, 2.24) is 20.1 Å². The average Bonchev–Trinajstić information content (AvgIpc) is 3.07. The van der Waals surface area contributed by atoms with Crippen molar-refractivity contribution in [3.8, 4) is 0 Å². The van der Waals surface area contributed by atoms with Gasteiger partial charge < -0.3 is 9.88 Å². The molecule has 0 atom stereocenters. The molecule has 0 spiro atoms. The molecule has 0 aliphatic heterocycles. The molecule has 0 aromatic carbocycles. The molecule has 0 amide bonds. The largest absolute Gasteiger partial charge is 0.311 e. The molecule has 1 aromatic heterocycles. The lowest BCUT2D eigenvalue weighted by molar-refractivity contribution is 0.336. The summed E-state index contributed by atoms with van der Waals surface area (Å²) < 4.78 is 2.40. The maximum Gasteiger partial charge on any atom is 0.147 e. The van der Waals surface area contributed by atoms with Gasteiger partial charge in [0.05, 0.1) is 6.54 Å². The van der Waals surface area contributed by atoms with E-state index in [1.807, 2.05) is 0 Å². The number of hydrogen-bond donors (Lipinski definition) is 1. The molecule has 1 aromatic rings. The second kappa shape index (κ2) is 6.04. The highest BCUT2D eigenvalue weighted by Crippen LogP contribution is 2.29. The summed E-state index contributed by atoms with van der Waals surface area (Å²) in [7, 11) is 0. The summed E-state index contributed by atoms with van der Waals surface area (Å²) in [4.78, 5) is 0. The van der Waals surface area contributed by atoms with E-state index in [4.69, 9.17) is 0 Å². The van der Waals surface area contributed by atoms with Crippen LogP contribution in [0.25, 0.3) is 0 Å². The number of hydrogen-bond acceptors (Lipinski definition) is 3. The fourth-order valence-electron chi connectivity index (χ4n) is 3.71. The van der Waals surface area contributed by atoms with Crippen LogP contribution in [-0.2, 0) is 6.54 Å². The molecule has 2 saturated carbocycles. The van der Waals surface area contributed by atoms with Gasteiger partial charge in [0.2, 0.25) is 0 Å². The van der Waals surface area contributed by atoms with Crippen LogP contribution < -0.4 is 5.32 Å². The van der Waals surface area contributed by atoms with Crippen LogP contribution in [0, 0.1) is 6.92 Å². The van der Waals surface area contributed by atoms with Crippen LogP contribution >= 0.6 is 0 Å². The third-order valence-corrected chi connectivity index (χ3v) is 4.78. The van der Waals surface area contributed by atoms with E-state index in [1.165, 1.54) is 57.8 Å². The summed E-state index contributed by atoms with van der Waals surface area (Å²) in [5.74, 6) is 2.24. The Morgan fingerprint density at radius 2 is 1.68 bits per heavy atom. The van der Waals surface area contributed by atoms with Crippen LogP contribution in [0.3, 0.4) is 0 Å². The third kappa shape index (κ3) is 2.99. The fraction of sp³-hybridized carbons (Fsp3) is 0.867. The smallest absolute Gasteiger partial charge is 0.147 e. The van der Waals surface area contributed by atoms with E-state index >= 15 is 0 Å². The summed E-state index contributed by atoms with van der Waals surface area (Å²) >= 11 is 0. The Bertz CT molecular complexity index is 400. The summed E-state index contributed by atoms with van der Waals surface area (Å²) in [6, 6.07) is 1.35. The van der Waals surface area contributed by atoms with E-state index in [2.05, 4.69) is 27.0 Å². The van der Waals surface area contributed by atoms with Gasteiger partial charge in [0, 0.05) is 12.1 Å². The van der Waals surface area contributed by atoms with Gasteiger partial charge >= 0.3 is 0 Å². The van der Waals surface area contributed by atoms with Gasteiger partial charge in [-0.05, 0) is 32.6 Å². The Balaban J connectivity index is 1.66. The Labute approximate surface area is 116 Å². The first kappa shape index (κ1) is 13.1. The van der Waals surface area contributed by atoms with Crippen molar-refractivity contribution >= 4 is 0 Å². The van der Waals surface area contributed by atoms with Gasteiger partial charge in [-0.3, -0.25) is 0 Å². The minimum absolute atomic E-state index is 0.643. The Morgan fingerprint density at radius 3 is 2.42 bits per heavy atom. The van der Waals surface area contributed by atoms with Crippen molar-refractivity contribution in [3.63, 3.8) is 0 Å². The van der Waals surface area contributed by atoms with E-state index in [-0.39, 0.29) is 0 Å². The summed E-state index contributed by atoms with van der Waals surface area (Å²) in [5, 5.41) is 12.4. The van der Waals surface area contributed by atoms with Gasteiger partial charge in [-0.2, -0.15) is 0 Å². The maximum absolute atomic E-state index is 4.40. The first-order chi connectivity index (χ1) is 9.34. The standard InChI is InChI=1S/C15H26N4/c1-12-17-18-15(11-16-13-7-5-6-8-13)19(12)14-9-3-2-4-10-14/h13-14,16H,2-11H2,1H3. The van der Waals surface area contributed by atoms with Gasteiger partial charge in [-0.25, -0.2) is 0 Å². The average molecular weight is 262 g/mol. The first-order valence-corrected chi connectivity index (χ1v) is 7.98. The topological polar surface area (TPSA) is 42.7 Å². The summed E-state index contributed by atoms with van der Waals surface area (Å²) in [6.07, 6.45) is 12.1.